The highest BCUT2D eigenvalue weighted by molar-refractivity contribution is 6.05. The van der Waals surface area contributed by atoms with Crippen molar-refractivity contribution >= 4 is 23.2 Å². The van der Waals surface area contributed by atoms with Crippen molar-refractivity contribution in [3.63, 3.8) is 0 Å². The van der Waals surface area contributed by atoms with Gasteiger partial charge in [-0.15, -0.1) is 0 Å². The van der Waals surface area contributed by atoms with Crippen molar-refractivity contribution in [2.45, 2.75) is 19.8 Å². The van der Waals surface area contributed by atoms with Crippen LogP contribution < -0.4 is 15.5 Å². The summed E-state index contributed by atoms with van der Waals surface area (Å²) >= 11 is 0. The fraction of sp³-hybridized carbons (Fsp3) is 0.211. The van der Waals surface area contributed by atoms with Crippen LogP contribution in [0, 0.1) is 5.82 Å². The van der Waals surface area contributed by atoms with Gasteiger partial charge in [0, 0.05) is 11.4 Å². The lowest BCUT2D eigenvalue weighted by atomic mass is 10.1. The van der Waals surface area contributed by atoms with Crippen LogP contribution in [0.3, 0.4) is 0 Å². The molecule has 6 nitrogen and oxygen atoms in total. The van der Waals surface area contributed by atoms with Crippen LogP contribution in [0.5, 0.6) is 5.75 Å². The predicted octanol–water partition coefficient (Wildman–Crippen LogP) is 2.90. The minimum Gasteiger partial charge on any atom is -0.497 e. The fourth-order valence-electron chi connectivity index (χ4n) is 2.14. The molecule has 0 spiro atoms. The monoisotopic (exact) mass is 357 g/mol. The number of carbonyl (C=O) groups is 2. The van der Waals surface area contributed by atoms with Crippen LogP contribution in [-0.4, -0.2) is 24.6 Å². The van der Waals surface area contributed by atoms with Crippen LogP contribution in [0.2, 0.25) is 0 Å². The van der Waals surface area contributed by atoms with Crippen molar-refractivity contribution in [1.82, 2.24) is 5.43 Å². The number of carbonyl (C=O) groups excluding carboxylic acids is 2. The number of hydrazone groups is 1. The molecule has 0 aliphatic rings. The molecule has 136 valence electrons. The van der Waals surface area contributed by atoms with Gasteiger partial charge in [-0.2, -0.15) is 5.10 Å². The van der Waals surface area contributed by atoms with E-state index in [1.165, 1.54) is 24.3 Å². The number of ether oxygens (including phenoxy) is 1. The molecule has 0 saturated carbocycles. The first-order valence-corrected chi connectivity index (χ1v) is 7.96. The number of amides is 2. The molecular formula is C19H20FN3O3. The number of anilines is 1. The van der Waals surface area contributed by atoms with Crippen LogP contribution >= 0.6 is 0 Å². The second-order valence-corrected chi connectivity index (χ2v) is 5.64. The van der Waals surface area contributed by atoms with Crippen LogP contribution in [-0.2, 0) is 16.0 Å². The Morgan fingerprint density at radius 2 is 1.69 bits per heavy atom. The van der Waals surface area contributed by atoms with Gasteiger partial charge in [0.15, 0.2) is 0 Å². The molecule has 0 radical (unpaired) electrons. The molecule has 0 aromatic heterocycles. The number of methoxy groups -OCH3 is 1. The molecule has 2 rings (SSSR count). The Labute approximate surface area is 151 Å². The second kappa shape index (κ2) is 9.31. The maximum atomic E-state index is 12.8. The van der Waals surface area contributed by atoms with Gasteiger partial charge in [-0.3, -0.25) is 9.59 Å². The normalized spacial score (nSPS) is 11.0. The summed E-state index contributed by atoms with van der Waals surface area (Å²) < 4.78 is 17.9. The molecule has 7 heteroatoms. The van der Waals surface area contributed by atoms with Gasteiger partial charge in [0.05, 0.1) is 20.0 Å². The van der Waals surface area contributed by atoms with Crippen LogP contribution in [0.15, 0.2) is 53.6 Å². The number of hydrogen-bond acceptors (Lipinski definition) is 4. The van der Waals surface area contributed by atoms with E-state index in [2.05, 4.69) is 15.8 Å². The number of rotatable bonds is 7. The molecular weight excluding hydrogens is 337 g/mol. The van der Waals surface area contributed by atoms with Crippen molar-refractivity contribution in [3.8, 4) is 5.75 Å². The van der Waals surface area contributed by atoms with Crippen molar-refractivity contribution in [3.05, 3.63) is 59.9 Å². The van der Waals surface area contributed by atoms with Crippen molar-refractivity contribution < 1.29 is 18.7 Å². The maximum Gasteiger partial charge on any atom is 0.244 e. The molecule has 2 amide bonds. The Morgan fingerprint density at radius 1 is 1.04 bits per heavy atom. The zero-order valence-corrected chi connectivity index (χ0v) is 14.6. The number of hydrogen-bond donors (Lipinski definition) is 2. The van der Waals surface area contributed by atoms with E-state index in [9.17, 15) is 14.0 Å². The van der Waals surface area contributed by atoms with Gasteiger partial charge < -0.3 is 10.1 Å². The Kier molecular flexibility index (Phi) is 6.84. The molecule has 0 bridgehead atoms. The topological polar surface area (TPSA) is 79.8 Å². The Bertz CT molecular complexity index is 787. The van der Waals surface area contributed by atoms with E-state index < -0.39 is 0 Å². The molecule has 0 aliphatic carbocycles. The zero-order valence-electron chi connectivity index (χ0n) is 14.6. The van der Waals surface area contributed by atoms with E-state index in [-0.39, 0.29) is 30.5 Å². The third-order valence-electron chi connectivity index (χ3n) is 3.44. The number of nitrogens with zero attached hydrogens (tertiary/aromatic N) is 1. The summed E-state index contributed by atoms with van der Waals surface area (Å²) in [6, 6.07) is 12.6. The molecule has 0 atom stereocenters. The predicted molar refractivity (Wildman–Crippen MR) is 97.6 cm³/mol. The SMILES string of the molecule is COc1ccc(CC(=O)N/N=C(\C)CC(=O)Nc2ccc(F)cc2)cc1. The number of benzene rings is 2. The van der Waals surface area contributed by atoms with E-state index in [4.69, 9.17) is 4.74 Å². The largest absolute Gasteiger partial charge is 0.497 e. The van der Waals surface area contributed by atoms with E-state index >= 15 is 0 Å². The van der Waals surface area contributed by atoms with Gasteiger partial charge in [0.2, 0.25) is 11.8 Å². The summed E-state index contributed by atoms with van der Waals surface area (Å²) in [5, 5.41) is 6.55. The smallest absolute Gasteiger partial charge is 0.244 e. The summed E-state index contributed by atoms with van der Waals surface area (Å²) in [6.07, 6.45) is 0.183. The Hall–Kier alpha value is -3.22. The van der Waals surface area contributed by atoms with Gasteiger partial charge in [0.25, 0.3) is 0 Å². The third-order valence-corrected chi connectivity index (χ3v) is 3.44. The van der Waals surface area contributed by atoms with E-state index in [0.29, 0.717) is 11.4 Å². The lowest BCUT2D eigenvalue weighted by molar-refractivity contribution is -0.120. The van der Waals surface area contributed by atoms with Crippen LogP contribution in [0.25, 0.3) is 0 Å². The van der Waals surface area contributed by atoms with Gasteiger partial charge in [-0.05, 0) is 48.9 Å². The maximum absolute atomic E-state index is 12.8. The first kappa shape index (κ1) is 19.1. The van der Waals surface area contributed by atoms with Gasteiger partial charge in [-0.25, -0.2) is 9.82 Å². The molecule has 26 heavy (non-hydrogen) atoms. The summed E-state index contributed by atoms with van der Waals surface area (Å²) in [6.45, 7) is 1.64. The number of halogens is 1. The lowest BCUT2D eigenvalue weighted by Gasteiger charge is -2.06. The molecule has 0 unspecified atom stereocenters. The Morgan fingerprint density at radius 3 is 2.31 bits per heavy atom. The summed E-state index contributed by atoms with van der Waals surface area (Å²) in [7, 11) is 1.57. The molecule has 2 N–H and O–H groups in total. The highest BCUT2D eigenvalue weighted by atomic mass is 19.1. The summed E-state index contributed by atoms with van der Waals surface area (Å²) in [5.41, 5.74) is 4.19. The van der Waals surface area contributed by atoms with Crippen molar-refractivity contribution in [2.75, 3.05) is 12.4 Å². The van der Waals surface area contributed by atoms with Gasteiger partial charge >= 0.3 is 0 Å². The minimum absolute atomic E-state index is 0.0141. The van der Waals surface area contributed by atoms with E-state index in [1.54, 1.807) is 38.3 Å². The zero-order chi connectivity index (χ0) is 18.9. The molecule has 2 aromatic carbocycles. The molecule has 0 aliphatic heterocycles. The van der Waals surface area contributed by atoms with Gasteiger partial charge in [0.1, 0.15) is 11.6 Å². The third kappa shape index (κ3) is 6.35. The summed E-state index contributed by atoms with van der Waals surface area (Å²) in [4.78, 5) is 23.8. The standard InChI is InChI=1S/C19H20FN3O3/c1-13(11-18(24)21-16-7-5-15(20)6-8-16)22-23-19(25)12-14-3-9-17(26-2)10-4-14/h3-10H,11-12H2,1-2H3,(H,21,24)(H,23,25)/b22-13+. The average Bonchev–Trinajstić information content (AvgIpc) is 2.62. The highest BCUT2D eigenvalue weighted by Gasteiger charge is 2.07. The average molecular weight is 357 g/mol. The Balaban J connectivity index is 1.79. The highest BCUT2D eigenvalue weighted by Crippen LogP contribution is 2.11. The lowest BCUT2D eigenvalue weighted by Crippen LogP contribution is -2.22. The van der Waals surface area contributed by atoms with Crippen molar-refractivity contribution in [1.29, 1.82) is 0 Å². The number of nitrogens with one attached hydrogen (secondary N) is 2. The van der Waals surface area contributed by atoms with Crippen LogP contribution in [0.1, 0.15) is 18.9 Å². The quantitative estimate of drug-likeness (QED) is 0.591. The van der Waals surface area contributed by atoms with Gasteiger partial charge in [-0.1, -0.05) is 12.1 Å². The molecule has 0 fully saturated rings. The second-order valence-electron chi connectivity index (χ2n) is 5.64. The molecule has 2 aromatic rings. The summed E-state index contributed by atoms with van der Waals surface area (Å²) in [5.74, 6) is -0.244. The van der Waals surface area contributed by atoms with E-state index in [1.807, 2.05) is 0 Å². The first-order valence-electron chi connectivity index (χ1n) is 7.96. The fourth-order valence-corrected chi connectivity index (χ4v) is 2.14. The minimum atomic E-state index is -0.375. The molecule has 0 heterocycles. The van der Waals surface area contributed by atoms with Crippen LogP contribution in [0.4, 0.5) is 10.1 Å². The van der Waals surface area contributed by atoms with Crippen molar-refractivity contribution in [2.24, 2.45) is 5.10 Å². The first-order chi connectivity index (χ1) is 12.5. The van der Waals surface area contributed by atoms with E-state index in [0.717, 1.165) is 11.3 Å². The molecule has 0 saturated heterocycles.